The first-order valence-corrected chi connectivity index (χ1v) is 7.35. The van der Waals surface area contributed by atoms with Gasteiger partial charge in [-0.1, -0.05) is 28.1 Å². The molecule has 3 nitrogen and oxygen atoms in total. The number of rotatable bonds is 4. The largest absolute Gasteiger partial charge is 0.458 e. The summed E-state index contributed by atoms with van der Waals surface area (Å²) >= 11 is 5.41. The first kappa shape index (κ1) is 14.3. The maximum atomic E-state index is 11.5. The molecule has 0 unspecified atom stereocenters. The number of ether oxygens (including phenoxy) is 1. The SMILES string of the molecule is O=C(C=Cc1ccc(I)o1)OCc1ccc(Br)cc1. The van der Waals surface area contributed by atoms with Gasteiger partial charge >= 0.3 is 5.97 Å². The van der Waals surface area contributed by atoms with Crippen molar-refractivity contribution in [2.75, 3.05) is 0 Å². The van der Waals surface area contributed by atoms with Crippen molar-refractivity contribution in [3.05, 3.63) is 62.0 Å². The van der Waals surface area contributed by atoms with Crippen LogP contribution in [0.5, 0.6) is 0 Å². The first-order chi connectivity index (χ1) is 9.13. The van der Waals surface area contributed by atoms with Gasteiger partial charge in [0.15, 0.2) is 3.77 Å². The summed E-state index contributed by atoms with van der Waals surface area (Å²) in [5.74, 6) is 0.235. The minimum absolute atomic E-state index is 0.256. The van der Waals surface area contributed by atoms with E-state index in [-0.39, 0.29) is 6.61 Å². The molecule has 98 valence electrons. The third kappa shape index (κ3) is 4.83. The average Bonchev–Trinajstić information content (AvgIpc) is 2.81. The van der Waals surface area contributed by atoms with Gasteiger partial charge in [-0.3, -0.25) is 0 Å². The lowest BCUT2D eigenvalue weighted by Gasteiger charge is -2.01. The standard InChI is InChI=1S/C14H10BrIO3/c15-11-3-1-10(2-4-11)9-18-14(17)8-6-12-5-7-13(16)19-12/h1-8H,9H2. The molecule has 1 aromatic heterocycles. The van der Waals surface area contributed by atoms with Gasteiger partial charge in [0, 0.05) is 10.5 Å². The van der Waals surface area contributed by atoms with Gasteiger partial charge in [0.05, 0.1) is 0 Å². The highest BCUT2D eigenvalue weighted by atomic mass is 127. The summed E-state index contributed by atoms with van der Waals surface area (Å²) in [6, 6.07) is 11.2. The minimum atomic E-state index is -0.394. The van der Waals surface area contributed by atoms with Crippen LogP contribution in [0.3, 0.4) is 0 Å². The Kier molecular flexibility index (Phi) is 5.21. The zero-order valence-electron chi connectivity index (χ0n) is 9.81. The molecule has 0 saturated carbocycles. The van der Waals surface area contributed by atoms with Gasteiger partial charge < -0.3 is 9.15 Å². The number of carbonyl (C=O) groups is 1. The van der Waals surface area contributed by atoms with Crippen LogP contribution in [0.2, 0.25) is 0 Å². The molecule has 0 aliphatic heterocycles. The molecule has 19 heavy (non-hydrogen) atoms. The number of hydrogen-bond donors (Lipinski definition) is 0. The second-order valence-corrected chi connectivity index (χ2v) is 5.69. The van der Waals surface area contributed by atoms with E-state index >= 15 is 0 Å². The number of benzene rings is 1. The van der Waals surface area contributed by atoms with Crippen LogP contribution in [-0.2, 0) is 16.1 Å². The van der Waals surface area contributed by atoms with Gasteiger partial charge in [-0.05, 0) is 58.5 Å². The number of esters is 1. The summed E-state index contributed by atoms with van der Waals surface area (Å²) in [6.07, 6.45) is 2.94. The number of carbonyl (C=O) groups excluding carboxylic acids is 1. The second kappa shape index (κ2) is 6.91. The predicted molar refractivity (Wildman–Crippen MR) is 84.4 cm³/mol. The molecule has 0 amide bonds. The molecular formula is C14H10BrIO3. The summed E-state index contributed by atoms with van der Waals surface area (Å²) < 4.78 is 12.2. The third-order valence-electron chi connectivity index (χ3n) is 2.27. The highest BCUT2D eigenvalue weighted by Gasteiger charge is 2.00. The molecule has 0 spiro atoms. The van der Waals surface area contributed by atoms with E-state index < -0.39 is 5.97 Å². The van der Waals surface area contributed by atoms with Crippen molar-refractivity contribution in [2.24, 2.45) is 0 Å². The highest BCUT2D eigenvalue weighted by Crippen LogP contribution is 2.12. The molecule has 0 bridgehead atoms. The molecule has 1 heterocycles. The van der Waals surface area contributed by atoms with E-state index in [4.69, 9.17) is 9.15 Å². The monoisotopic (exact) mass is 432 g/mol. The van der Waals surface area contributed by atoms with Crippen molar-refractivity contribution in [3.8, 4) is 0 Å². The van der Waals surface area contributed by atoms with Crippen LogP contribution < -0.4 is 0 Å². The maximum absolute atomic E-state index is 11.5. The van der Waals surface area contributed by atoms with Crippen molar-refractivity contribution in [3.63, 3.8) is 0 Å². The van der Waals surface area contributed by atoms with Gasteiger partial charge in [0.2, 0.25) is 0 Å². The normalized spacial score (nSPS) is 10.8. The predicted octanol–water partition coefficient (Wildman–Crippen LogP) is 4.40. The summed E-state index contributed by atoms with van der Waals surface area (Å²) in [4.78, 5) is 11.5. The van der Waals surface area contributed by atoms with Crippen LogP contribution in [0, 0.1) is 3.77 Å². The van der Waals surface area contributed by atoms with Gasteiger partial charge in [0.25, 0.3) is 0 Å². The Morgan fingerprint density at radius 2 is 2.00 bits per heavy atom. The van der Waals surface area contributed by atoms with Crippen LogP contribution in [0.4, 0.5) is 0 Å². The van der Waals surface area contributed by atoms with Crippen LogP contribution in [0.25, 0.3) is 6.08 Å². The molecule has 0 saturated heterocycles. The molecule has 0 aliphatic rings. The molecule has 1 aromatic carbocycles. The Morgan fingerprint density at radius 3 is 2.63 bits per heavy atom. The maximum Gasteiger partial charge on any atom is 0.331 e. The Labute approximate surface area is 132 Å². The molecule has 0 atom stereocenters. The summed E-state index contributed by atoms with van der Waals surface area (Å²) in [6.45, 7) is 0.256. The van der Waals surface area contributed by atoms with E-state index in [2.05, 4.69) is 38.5 Å². The number of halogens is 2. The Hall–Kier alpha value is -1.08. The number of hydrogen-bond acceptors (Lipinski definition) is 3. The molecule has 5 heteroatoms. The van der Waals surface area contributed by atoms with E-state index in [0.717, 1.165) is 13.8 Å². The van der Waals surface area contributed by atoms with Crippen molar-refractivity contribution >= 4 is 50.6 Å². The van der Waals surface area contributed by atoms with Gasteiger partial charge in [-0.25, -0.2) is 4.79 Å². The van der Waals surface area contributed by atoms with Gasteiger partial charge in [0.1, 0.15) is 12.4 Å². The Morgan fingerprint density at radius 1 is 1.26 bits per heavy atom. The van der Waals surface area contributed by atoms with Crippen LogP contribution >= 0.6 is 38.5 Å². The average molecular weight is 433 g/mol. The molecule has 0 aliphatic carbocycles. The van der Waals surface area contributed by atoms with Crippen molar-refractivity contribution < 1.29 is 13.9 Å². The van der Waals surface area contributed by atoms with Crippen LogP contribution in [0.15, 0.2) is 51.4 Å². The summed E-state index contributed by atoms with van der Waals surface area (Å²) in [7, 11) is 0. The van der Waals surface area contributed by atoms with Crippen molar-refractivity contribution in [2.45, 2.75) is 6.61 Å². The van der Waals surface area contributed by atoms with E-state index in [9.17, 15) is 4.79 Å². The zero-order valence-corrected chi connectivity index (χ0v) is 13.6. The second-order valence-electron chi connectivity index (χ2n) is 3.71. The Bertz CT molecular complexity index is 587. The molecule has 2 rings (SSSR count). The van der Waals surface area contributed by atoms with Gasteiger partial charge in [-0.15, -0.1) is 0 Å². The fourth-order valence-corrected chi connectivity index (χ4v) is 2.05. The summed E-state index contributed by atoms with van der Waals surface area (Å²) in [5.41, 5.74) is 0.942. The highest BCUT2D eigenvalue weighted by molar-refractivity contribution is 14.1. The third-order valence-corrected chi connectivity index (χ3v) is 3.38. The smallest absolute Gasteiger partial charge is 0.331 e. The van der Waals surface area contributed by atoms with E-state index in [1.165, 1.54) is 6.08 Å². The Balaban J connectivity index is 1.84. The molecule has 0 fully saturated rings. The van der Waals surface area contributed by atoms with Gasteiger partial charge in [-0.2, -0.15) is 0 Å². The number of furan rings is 1. The molecular weight excluding hydrogens is 423 g/mol. The van der Waals surface area contributed by atoms with Crippen LogP contribution in [0.1, 0.15) is 11.3 Å². The zero-order chi connectivity index (χ0) is 13.7. The minimum Gasteiger partial charge on any atom is -0.458 e. The van der Waals surface area contributed by atoms with E-state index in [0.29, 0.717) is 5.76 Å². The molecule has 2 aromatic rings. The lowest BCUT2D eigenvalue weighted by Crippen LogP contribution is -2.00. The van der Waals surface area contributed by atoms with Crippen molar-refractivity contribution in [1.82, 2.24) is 0 Å². The topological polar surface area (TPSA) is 39.4 Å². The van der Waals surface area contributed by atoms with E-state index in [1.54, 1.807) is 12.1 Å². The van der Waals surface area contributed by atoms with Crippen LogP contribution in [-0.4, -0.2) is 5.97 Å². The fraction of sp³-hybridized carbons (Fsp3) is 0.0714. The van der Waals surface area contributed by atoms with E-state index in [1.807, 2.05) is 30.3 Å². The first-order valence-electron chi connectivity index (χ1n) is 5.48. The summed E-state index contributed by atoms with van der Waals surface area (Å²) in [5, 5.41) is 0. The molecule has 0 N–H and O–H groups in total. The quantitative estimate of drug-likeness (QED) is 0.408. The fourth-order valence-electron chi connectivity index (χ4n) is 1.35. The van der Waals surface area contributed by atoms with Crippen molar-refractivity contribution in [1.29, 1.82) is 0 Å². The molecule has 0 radical (unpaired) electrons. The lowest BCUT2D eigenvalue weighted by molar-refractivity contribution is -0.138. The lowest BCUT2D eigenvalue weighted by atomic mass is 10.2.